The van der Waals surface area contributed by atoms with E-state index >= 15 is 0 Å². The van der Waals surface area contributed by atoms with Gasteiger partial charge in [0.25, 0.3) is 0 Å². The molecular weight excluding hydrogens is 332 g/mol. The molecular formula is C21H26O5. The van der Waals surface area contributed by atoms with Crippen LogP contribution >= 0.6 is 0 Å². The molecule has 5 fully saturated rings. The van der Waals surface area contributed by atoms with E-state index in [-0.39, 0.29) is 28.3 Å². The number of ether oxygens (including phenoxy) is 3. The maximum Gasteiger partial charge on any atom is 0.509 e. The van der Waals surface area contributed by atoms with Gasteiger partial charge >= 0.3 is 6.16 Å². The molecule has 4 aliphatic carbocycles. The fourth-order valence-corrected chi connectivity index (χ4v) is 7.89. The van der Waals surface area contributed by atoms with Gasteiger partial charge in [-0.15, -0.1) is 0 Å². The monoisotopic (exact) mass is 358 g/mol. The summed E-state index contributed by atoms with van der Waals surface area (Å²) in [6.45, 7) is 5.03. The van der Waals surface area contributed by atoms with Gasteiger partial charge in [0, 0.05) is 17.3 Å². The Balaban J connectivity index is 1.42. The van der Waals surface area contributed by atoms with Crippen LogP contribution in [0.5, 0.6) is 0 Å². The number of hydrogen-bond donors (Lipinski definition) is 0. The van der Waals surface area contributed by atoms with E-state index < -0.39 is 11.8 Å². The molecule has 0 amide bonds. The molecule has 2 aliphatic heterocycles. The quantitative estimate of drug-likeness (QED) is 0.489. The summed E-state index contributed by atoms with van der Waals surface area (Å²) in [5, 5.41) is 0. The first-order valence-corrected chi connectivity index (χ1v) is 10.1. The smallest absolute Gasteiger partial charge is 0.430 e. The lowest BCUT2D eigenvalue weighted by Gasteiger charge is -2.56. The van der Waals surface area contributed by atoms with Crippen LogP contribution in [0.1, 0.15) is 58.8 Å². The standard InChI is InChI=1S/C21H26O5/c1-18-7-5-13(22)9-12(18)3-4-15-14-6-8-20(11-24-17(23)26-20)19(14,2)10-16-21(15,18)25-16/h9,14-16H,3-8,10-11H2,1-2H3/t14?,15?,16-,18+,19+,20-,21+/m1/s1. The van der Waals surface area contributed by atoms with Gasteiger partial charge in [-0.2, -0.15) is 0 Å². The Morgan fingerprint density at radius 3 is 2.69 bits per heavy atom. The Bertz CT molecular complexity index is 772. The van der Waals surface area contributed by atoms with Crippen molar-refractivity contribution in [2.75, 3.05) is 6.61 Å². The summed E-state index contributed by atoms with van der Waals surface area (Å²) in [5.74, 6) is 1.26. The molecule has 0 aromatic rings. The van der Waals surface area contributed by atoms with Gasteiger partial charge in [0.05, 0.1) is 6.10 Å². The van der Waals surface area contributed by atoms with Gasteiger partial charge < -0.3 is 14.2 Å². The molecule has 5 heteroatoms. The van der Waals surface area contributed by atoms with E-state index in [0.29, 0.717) is 24.9 Å². The van der Waals surface area contributed by atoms with Gasteiger partial charge in [-0.05, 0) is 56.4 Å². The first-order valence-electron chi connectivity index (χ1n) is 10.1. The molecule has 140 valence electrons. The van der Waals surface area contributed by atoms with Crippen molar-refractivity contribution in [1.82, 2.24) is 0 Å². The Labute approximate surface area is 153 Å². The normalized spacial score (nSPS) is 56.7. The first-order chi connectivity index (χ1) is 12.3. The van der Waals surface area contributed by atoms with Crippen LogP contribution in [0.25, 0.3) is 0 Å². The highest BCUT2D eigenvalue weighted by molar-refractivity contribution is 5.91. The van der Waals surface area contributed by atoms with Crippen molar-refractivity contribution >= 4 is 11.9 Å². The number of carbonyl (C=O) groups is 2. The van der Waals surface area contributed by atoms with Crippen molar-refractivity contribution in [1.29, 1.82) is 0 Å². The molecule has 6 rings (SSSR count). The predicted octanol–water partition coefficient (Wildman–Crippen LogP) is 3.56. The highest BCUT2D eigenvalue weighted by Crippen LogP contribution is 2.76. The van der Waals surface area contributed by atoms with Crippen LogP contribution in [-0.2, 0) is 19.0 Å². The Morgan fingerprint density at radius 1 is 1.08 bits per heavy atom. The van der Waals surface area contributed by atoms with E-state index in [0.717, 1.165) is 38.5 Å². The molecule has 6 aliphatic rings. The lowest BCUT2D eigenvalue weighted by Crippen LogP contribution is -2.60. The molecule has 2 spiro atoms. The zero-order chi connectivity index (χ0) is 17.9. The molecule has 0 aromatic carbocycles. The lowest BCUT2D eigenvalue weighted by molar-refractivity contribution is -0.118. The third-order valence-electron chi connectivity index (χ3n) is 9.33. The van der Waals surface area contributed by atoms with E-state index in [1.807, 2.05) is 6.08 Å². The molecule has 26 heavy (non-hydrogen) atoms. The Morgan fingerprint density at radius 2 is 1.92 bits per heavy atom. The summed E-state index contributed by atoms with van der Waals surface area (Å²) in [6, 6.07) is 0. The molecule has 0 aromatic heterocycles. The van der Waals surface area contributed by atoms with Crippen LogP contribution in [0.4, 0.5) is 4.79 Å². The van der Waals surface area contributed by atoms with Gasteiger partial charge in [-0.1, -0.05) is 19.4 Å². The number of ketones is 1. The Kier molecular flexibility index (Phi) is 2.64. The molecule has 7 atom stereocenters. The third kappa shape index (κ3) is 1.48. The minimum atomic E-state index is -0.507. The topological polar surface area (TPSA) is 65.1 Å². The van der Waals surface area contributed by atoms with Gasteiger partial charge in [-0.25, -0.2) is 4.79 Å². The highest BCUT2D eigenvalue weighted by Gasteiger charge is 2.81. The maximum atomic E-state index is 12.0. The molecule has 0 radical (unpaired) electrons. The van der Waals surface area contributed by atoms with Gasteiger partial charge in [-0.3, -0.25) is 4.79 Å². The van der Waals surface area contributed by atoms with Crippen molar-refractivity contribution in [2.24, 2.45) is 22.7 Å². The number of carbonyl (C=O) groups excluding carboxylic acids is 2. The van der Waals surface area contributed by atoms with Crippen LogP contribution < -0.4 is 0 Å². The van der Waals surface area contributed by atoms with E-state index in [4.69, 9.17) is 14.2 Å². The van der Waals surface area contributed by atoms with E-state index in [2.05, 4.69) is 13.8 Å². The second kappa shape index (κ2) is 4.37. The summed E-state index contributed by atoms with van der Waals surface area (Å²) in [5.41, 5.74) is 0.674. The number of cyclic esters (lactones) is 1. The SMILES string of the molecule is C[C@]12CCC(=O)C=C1CCC1C3CC[C@@]4(COC(=O)O4)[C@@]3(C)C[C@H]3O[C@@]132. The maximum absolute atomic E-state index is 12.0. The summed E-state index contributed by atoms with van der Waals surface area (Å²) < 4.78 is 17.6. The average Bonchev–Trinajstić information content (AvgIpc) is 3.08. The molecule has 0 bridgehead atoms. The first kappa shape index (κ1) is 15.7. The van der Waals surface area contributed by atoms with Crippen molar-refractivity contribution in [2.45, 2.75) is 76.1 Å². The van der Waals surface area contributed by atoms with Crippen LogP contribution in [0.3, 0.4) is 0 Å². The second-order valence-corrected chi connectivity index (χ2v) is 9.91. The molecule has 3 saturated carbocycles. The minimum absolute atomic E-state index is 0.00553. The summed E-state index contributed by atoms with van der Waals surface area (Å²) in [7, 11) is 0. The zero-order valence-corrected chi connectivity index (χ0v) is 15.5. The minimum Gasteiger partial charge on any atom is -0.430 e. The fraction of sp³-hybridized carbons (Fsp3) is 0.810. The highest BCUT2D eigenvalue weighted by atomic mass is 16.8. The van der Waals surface area contributed by atoms with E-state index in [1.54, 1.807) is 0 Å². The van der Waals surface area contributed by atoms with Gasteiger partial charge in [0.15, 0.2) is 11.4 Å². The summed E-state index contributed by atoms with van der Waals surface area (Å²) in [4.78, 5) is 23.7. The summed E-state index contributed by atoms with van der Waals surface area (Å²) >= 11 is 0. The predicted molar refractivity (Wildman–Crippen MR) is 91.4 cm³/mol. The number of fused-ring (bicyclic) bond motifs is 4. The third-order valence-corrected chi connectivity index (χ3v) is 9.33. The molecule has 2 heterocycles. The number of rotatable bonds is 0. The Hall–Kier alpha value is -1.36. The lowest BCUT2D eigenvalue weighted by atomic mass is 9.46. The average molecular weight is 358 g/mol. The van der Waals surface area contributed by atoms with Crippen LogP contribution in [0.15, 0.2) is 11.6 Å². The molecule has 5 nitrogen and oxygen atoms in total. The number of epoxide rings is 1. The second-order valence-electron chi connectivity index (χ2n) is 9.91. The van der Waals surface area contributed by atoms with Crippen molar-refractivity contribution in [3.8, 4) is 0 Å². The van der Waals surface area contributed by atoms with Crippen molar-refractivity contribution < 1.29 is 23.8 Å². The fourth-order valence-electron chi connectivity index (χ4n) is 7.89. The molecule has 2 unspecified atom stereocenters. The van der Waals surface area contributed by atoms with E-state index in [9.17, 15) is 9.59 Å². The van der Waals surface area contributed by atoms with Crippen molar-refractivity contribution in [3.05, 3.63) is 11.6 Å². The van der Waals surface area contributed by atoms with Crippen LogP contribution in [0.2, 0.25) is 0 Å². The van der Waals surface area contributed by atoms with Gasteiger partial charge in [0.2, 0.25) is 0 Å². The summed E-state index contributed by atoms with van der Waals surface area (Å²) in [6.07, 6.45) is 8.17. The van der Waals surface area contributed by atoms with Gasteiger partial charge in [0.1, 0.15) is 12.2 Å². The largest absolute Gasteiger partial charge is 0.509 e. The van der Waals surface area contributed by atoms with Crippen LogP contribution in [0, 0.1) is 22.7 Å². The van der Waals surface area contributed by atoms with Crippen molar-refractivity contribution in [3.63, 3.8) is 0 Å². The van der Waals surface area contributed by atoms with Crippen LogP contribution in [-0.4, -0.2) is 35.9 Å². The zero-order valence-electron chi connectivity index (χ0n) is 15.5. The number of hydrogen-bond acceptors (Lipinski definition) is 5. The molecule has 0 N–H and O–H groups in total. The van der Waals surface area contributed by atoms with E-state index in [1.165, 1.54) is 5.57 Å². The molecule has 2 saturated heterocycles.